The summed E-state index contributed by atoms with van der Waals surface area (Å²) in [5.41, 5.74) is 1.03. The Bertz CT molecular complexity index is 1060. The molecule has 142 valence electrons. The van der Waals surface area contributed by atoms with E-state index in [1.54, 1.807) is 55.6 Å². The van der Waals surface area contributed by atoms with Gasteiger partial charge in [-0.15, -0.1) is 0 Å². The molecule has 8 nitrogen and oxygen atoms in total. The first-order valence-electron chi connectivity index (χ1n) is 8.39. The van der Waals surface area contributed by atoms with Crippen molar-refractivity contribution in [3.8, 4) is 11.4 Å². The highest BCUT2D eigenvalue weighted by Crippen LogP contribution is 2.15. The van der Waals surface area contributed by atoms with Gasteiger partial charge in [-0.2, -0.15) is 5.10 Å². The Morgan fingerprint density at radius 1 is 0.929 bits per heavy atom. The summed E-state index contributed by atoms with van der Waals surface area (Å²) in [5.74, 6) is -0.130. The summed E-state index contributed by atoms with van der Waals surface area (Å²) < 4.78 is 6.56. The Morgan fingerprint density at radius 2 is 1.54 bits per heavy atom. The second-order valence-electron chi connectivity index (χ2n) is 5.88. The van der Waals surface area contributed by atoms with Crippen molar-refractivity contribution in [2.24, 2.45) is 0 Å². The molecule has 2 amide bonds. The Hall–Kier alpha value is -3.94. The van der Waals surface area contributed by atoms with E-state index in [0.29, 0.717) is 22.8 Å². The number of hydrogen-bond acceptors (Lipinski definition) is 5. The summed E-state index contributed by atoms with van der Waals surface area (Å²) in [6, 6.07) is 14.8. The van der Waals surface area contributed by atoms with E-state index in [4.69, 9.17) is 4.74 Å². The molecule has 3 rings (SSSR count). The third kappa shape index (κ3) is 4.42. The molecule has 0 atom stereocenters. The molecule has 0 aliphatic heterocycles. The second kappa shape index (κ2) is 8.17. The first-order valence-corrected chi connectivity index (χ1v) is 8.39. The normalized spacial score (nSPS) is 10.2. The SMILES string of the molecule is COc1ccc(-n2ccc(=O)c(C(=O)Nc3ccc(NC(C)=O)cc3)n2)cc1. The van der Waals surface area contributed by atoms with E-state index in [-0.39, 0.29) is 11.6 Å². The number of carbonyl (C=O) groups is 2. The van der Waals surface area contributed by atoms with Crippen LogP contribution in [0.4, 0.5) is 11.4 Å². The minimum Gasteiger partial charge on any atom is -0.497 e. The number of aromatic nitrogens is 2. The maximum atomic E-state index is 12.5. The standard InChI is InChI=1S/C20H18N4O4/c1-13(25)21-14-3-5-15(6-4-14)22-20(27)19-18(26)11-12-24(23-19)16-7-9-17(28-2)10-8-16/h3-12H,1-2H3,(H,21,25)(H,22,27). The molecule has 2 N–H and O–H groups in total. The van der Waals surface area contributed by atoms with Gasteiger partial charge in [0.05, 0.1) is 12.8 Å². The second-order valence-corrected chi connectivity index (χ2v) is 5.88. The topological polar surface area (TPSA) is 102 Å². The summed E-state index contributed by atoms with van der Waals surface area (Å²) in [6.07, 6.45) is 1.49. The van der Waals surface area contributed by atoms with E-state index in [1.165, 1.54) is 23.9 Å². The largest absolute Gasteiger partial charge is 0.497 e. The number of ether oxygens (including phenoxy) is 1. The first kappa shape index (κ1) is 18.8. The van der Waals surface area contributed by atoms with Crippen molar-refractivity contribution in [3.05, 3.63) is 76.7 Å². The van der Waals surface area contributed by atoms with Crippen molar-refractivity contribution in [2.45, 2.75) is 6.92 Å². The molecule has 0 unspecified atom stereocenters. The zero-order valence-electron chi connectivity index (χ0n) is 15.3. The first-order chi connectivity index (χ1) is 13.5. The van der Waals surface area contributed by atoms with Crippen LogP contribution in [0, 0.1) is 0 Å². The van der Waals surface area contributed by atoms with Gasteiger partial charge < -0.3 is 15.4 Å². The molecule has 0 saturated carbocycles. The number of anilines is 2. The quantitative estimate of drug-likeness (QED) is 0.710. The van der Waals surface area contributed by atoms with Crippen LogP contribution in [0.1, 0.15) is 17.4 Å². The Balaban J connectivity index is 1.81. The summed E-state index contributed by atoms with van der Waals surface area (Å²) in [7, 11) is 1.57. The van der Waals surface area contributed by atoms with E-state index in [9.17, 15) is 14.4 Å². The molecule has 28 heavy (non-hydrogen) atoms. The summed E-state index contributed by atoms with van der Waals surface area (Å²) in [5, 5.41) is 9.41. The zero-order valence-corrected chi connectivity index (χ0v) is 15.3. The van der Waals surface area contributed by atoms with Gasteiger partial charge in [-0.05, 0) is 48.5 Å². The van der Waals surface area contributed by atoms with Crippen molar-refractivity contribution in [1.82, 2.24) is 9.78 Å². The van der Waals surface area contributed by atoms with Crippen LogP contribution in [-0.4, -0.2) is 28.7 Å². The third-order valence-corrected chi connectivity index (χ3v) is 3.82. The molecule has 0 spiro atoms. The molecular formula is C20H18N4O4. The van der Waals surface area contributed by atoms with Crippen molar-refractivity contribution in [1.29, 1.82) is 0 Å². The molecule has 0 radical (unpaired) electrons. The van der Waals surface area contributed by atoms with E-state index in [0.717, 1.165) is 0 Å². The fourth-order valence-corrected chi connectivity index (χ4v) is 2.47. The van der Waals surface area contributed by atoms with Gasteiger partial charge in [0.2, 0.25) is 11.3 Å². The number of amides is 2. The maximum absolute atomic E-state index is 12.5. The maximum Gasteiger partial charge on any atom is 0.280 e. The lowest BCUT2D eigenvalue weighted by Crippen LogP contribution is -2.25. The lowest BCUT2D eigenvalue weighted by Gasteiger charge is -2.09. The predicted octanol–water partition coefficient (Wildman–Crippen LogP) is 2.45. The minimum absolute atomic E-state index is 0.190. The van der Waals surface area contributed by atoms with Gasteiger partial charge in [-0.3, -0.25) is 14.4 Å². The van der Waals surface area contributed by atoms with Crippen LogP contribution in [-0.2, 0) is 4.79 Å². The van der Waals surface area contributed by atoms with Crippen LogP contribution in [0.2, 0.25) is 0 Å². The molecule has 1 heterocycles. The molecule has 3 aromatic rings. The molecule has 0 bridgehead atoms. The highest BCUT2D eigenvalue weighted by atomic mass is 16.5. The zero-order chi connectivity index (χ0) is 20.1. The van der Waals surface area contributed by atoms with Gasteiger partial charge in [0.1, 0.15) is 5.75 Å². The predicted molar refractivity (Wildman–Crippen MR) is 105 cm³/mol. The fraction of sp³-hybridized carbons (Fsp3) is 0.100. The molecule has 2 aromatic carbocycles. The highest BCUT2D eigenvalue weighted by Gasteiger charge is 2.14. The van der Waals surface area contributed by atoms with Crippen LogP contribution in [0.5, 0.6) is 5.75 Å². The van der Waals surface area contributed by atoms with Crippen LogP contribution >= 0.6 is 0 Å². The number of nitrogens with one attached hydrogen (secondary N) is 2. The summed E-state index contributed by atoms with van der Waals surface area (Å²) in [4.78, 5) is 35.7. The minimum atomic E-state index is -0.625. The number of methoxy groups -OCH3 is 1. The molecule has 0 aliphatic carbocycles. The van der Waals surface area contributed by atoms with Crippen molar-refractivity contribution < 1.29 is 14.3 Å². The summed E-state index contributed by atoms with van der Waals surface area (Å²) >= 11 is 0. The molecular weight excluding hydrogens is 360 g/mol. The average molecular weight is 378 g/mol. The number of benzene rings is 2. The monoisotopic (exact) mass is 378 g/mol. The van der Waals surface area contributed by atoms with Gasteiger partial charge in [-0.25, -0.2) is 4.68 Å². The van der Waals surface area contributed by atoms with E-state index in [2.05, 4.69) is 15.7 Å². The van der Waals surface area contributed by atoms with Gasteiger partial charge >= 0.3 is 0 Å². The number of rotatable bonds is 5. The smallest absolute Gasteiger partial charge is 0.280 e. The van der Waals surface area contributed by atoms with E-state index in [1.807, 2.05) is 0 Å². The molecule has 0 fully saturated rings. The number of hydrogen-bond donors (Lipinski definition) is 2. The van der Waals surface area contributed by atoms with Crippen molar-refractivity contribution in [3.63, 3.8) is 0 Å². The summed E-state index contributed by atoms with van der Waals surface area (Å²) in [6.45, 7) is 1.41. The van der Waals surface area contributed by atoms with Crippen molar-refractivity contribution >= 4 is 23.2 Å². The lowest BCUT2D eigenvalue weighted by atomic mass is 10.2. The van der Waals surface area contributed by atoms with Gasteiger partial charge in [0.25, 0.3) is 5.91 Å². The Kier molecular flexibility index (Phi) is 5.50. The van der Waals surface area contributed by atoms with Crippen molar-refractivity contribution in [2.75, 3.05) is 17.7 Å². The molecule has 8 heteroatoms. The molecule has 0 saturated heterocycles. The number of nitrogens with zero attached hydrogens (tertiary/aromatic N) is 2. The Morgan fingerprint density at radius 3 is 2.11 bits per heavy atom. The van der Waals surface area contributed by atoms with Gasteiger partial charge in [0.15, 0.2) is 5.69 Å². The van der Waals surface area contributed by atoms with Crippen LogP contribution < -0.4 is 20.8 Å². The van der Waals surface area contributed by atoms with E-state index < -0.39 is 11.3 Å². The number of carbonyl (C=O) groups excluding carboxylic acids is 2. The van der Waals surface area contributed by atoms with Crippen LogP contribution in [0.15, 0.2) is 65.6 Å². The average Bonchev–Trinajstić information content (AvgIpc) is 2.69. The fourth-order valence-electron chi connectivity index (χ4n) is 2.47. The Labute approximate surface area is 160 Å². The molecule has 0 aliphatic rings. The molecule has 1 aromatic heterocycles. The third-order valence-electron chi connectivity index (χ3n) is 3.82. The van der Waals surface area contributed by atoms with Crippen LogP contribution in [0.25, 0.3) is 5.69 Å². The highest BCUT2D eigenvalue weighted by molar-refractivity contribution is 6.02. The van der Waals surface area contributed by atoms with Gasteiger partial charge in [-0.1, -0.05) is 0 Å². The van der Waals surface area contributed by atoms with E-state index >= 15 is 0 Å². The lowest BCUT2D eigenvalue weighted by molar-refractivity contribution is -0.114. The van der Waals surface area contributed by atoms with Crippen LogP contribution in [0.3, 0.4) is 0 Å². The van der Waals surface area contributed by atoms with Gasteiger partial charge in [0, 0.05) is 30.6 Å².